The number of ether oxygens (including phenoxy) is 1. The number of aryl methyl sites for hydroxylation is 1. The first kappa shape index (κ1) is 13.2. The molecule has 1 aromatic rings. The summed E-state index contributed by atoms with van der Waals surface area (Å²) >= 11 is 0. The first-order chi connectivity index (χ1) is 7.69. The van der Waals surface area contributed by atoms with E-state index in [-0.39, 0.29) is 0 Å². The highest BCUT2D eigenvalue weighted by atomic mass is 16.5. The van der Waals surface area contributed by atoms with Crippen molar-refractivity contribution in [2.75, 3.05) is 34.4 Å². The lowest BCUT2D eigenvalue weighted by Crippen LogP contribution is -2.41. The number of likely N-dealkylation sites (N-methyl/N-ethyl adjacent to an activating group) is 2. The van der Waals surface area contributed by atoms with Crippen molar-refractivity contribution in [3.8, 4) is 0 Å². The van der Waals surface area contributed by atoms with Crippen molar-refractivity contribution in [3.05, 3.63) is 23.7 Å². The molecule has 16 heavy (non-hydrogen) atoms. The molecule has 0 aromatic carbocycles. The maximum absolute atomic E-state index is 5.29. The molecule has 0 radical (unpaired) electrons. The number of hydrogen-bond acceptors (Lipinski definition) is 4. The molecule has 92 valence electrons. The molecule has 4 nitrogen and oxygen atoms in total. The molecule has 0 saturated carbocycles. The molecule has 1 unspecified atom stereocenters. The Morgan fingerprint density at radius 3 is 2.81 bits per heavy atom. The summed E-state index contributed by atoms with van der Waals surface area (Å²) < 4.78 is 10.5. The highest BCUT2D eigenvalue weighted by Gasteiger charge is 2.15. The van der Waals surface area contributed by atoms with E-state index in [1.165, 1.54) is 5.56 Å². The molecule has 0 amide bonds. The van der Waals surface area contributed by atoms with Gasteiger partial charge in [-0.05, 0) is 27.1 Å². The van der Waals surface area contributed by atoms with Gasteiger partial charge in [-0.1, -0.05) is 0 Å². The molecule has 0 saturated heterocycles. The van der Waals surface area contributed by atoms with E-state index in [0.29, 0.717) is 6.04 Å². The Kier molecular flexibility index (Phi) is 5.52. The SMILES string of the molecule is CNCC(COC)N(C)Cc1ccoc1C. The molecule has 0 aliphatic carbocycles. The van der Waals surface area contributed by atoms with E-state index in [1.54, 1.807) is 13.4 Å². The Morgan fingerprint density at radius 2 is 2.31 bits per heavy atom. The normalized spacial score (nSPS) is 13.3. The topological polar surface area (TPSA) is 37.6 Å². The maximum Gasteiger partial charge on any atom is 0.105 e. The van der Waals surface area contributed by atoms with Crippen LogP contribution < -0.4 is 5.32 Å². The van der Waals surface area contributed by atoms with Crippen molar-refractivity contribution in [3.63, 3.8) is 0 Å². The largest absolute Gasteiger partial charge is 0.469 e. The quantitative estimate of drug-likeness (QED) is 0.759. The molecule has 0 fully saturated rings. The van der Waals surface area contributed by atoms with Crippen LogP contribution in [0.3, 0.4) is 0 Å². The van der Waals surface area contributed by atoms with Gasteiger partial charge in [0.2, 0.25) is 0 Å². The van der Waals surface area contributed by atoms with Crippen LogP contribution in [0, 0.1) is 6.92 Å². The summed E-state index contributed by atoms with van der Waals surface area (Å²) in [6.07, 6.45) is 1.74. The van der Waals surface area contributed by atoms with Gasteiger partial charge in [-0.25, -0.2) is 0 Å². The van der Waals surface area contributed by atoms with Crippen LogP contribution in [0.5, 0.6) is 0 Å². The minimum atomic E-state index is 0.379. The van der Waals surface area contributed by atoms with Crippen LogP contribution in [0.25, 0.3) is 0 Å². The maximum atomic E-state index is 5.29. The molecule has 0 bridgehead atoms. The fourth-order valence-electron chi connectivity index (χ4n) is 1.74. The molecule has 0 aliphatic rings. The van der Waals surface area contributed by atoms with Crippen LogP contribution in [0.4, 0.5) is 0 Å². The van der Waals surface area contributed by atoms with Gasteiger partial charge in [0.25, 0.3) is 0 Å². The van der Waals surface area contributed by atoms with E-state index in [2.05, 4.69) is 17.3 Å². The highest BCUT2D eigenvalue weighted by molar-refractivity contribution is 5.15. The van der Waals surface area contributed by atoms with Crippen LogP contribution in [0.2, 0.25) is 0 Å². The number of furan rings is 1. The summed E-state index contributed by atoms with van der Waals surface area (Å²) in [5.41, 5.74) is 1.24. The van der Waals surface area contributed by atoms with Crippen molar-refractivity contribution in [2.45, 2.75) is 19.5 Å². The minimum absolute atomic E-state index is 0.379. The monoisotopic (exact) mass is 226 g/mol. The van der Waals surface area contributed by atoms with Gasteiger partial charge < -0.3 is 14.5 Å². The van der Waals surface area contributed by atoms with Crippen LogP contribution in [0.15, 0.2) is 16.7 Å². The summed E-state index contributed by atoms with van der Waals surface area (Å²) in [6, 6.07) is 2.40. The average molecular weight is 226 g/mol. The van der Waals surface area contributed by atoms with Crippen LogP contribution in [0.1, 0.15) is 11.3 Å². The van der Waals surface area contributed by atoms with E-state index >= 15 is 0 Å². The standard InChI is InChI=1S/C12H22N2O2/c1-10-11(5-6-16-10)8-14(3)12(7-13-2)9-15-4/h5-6,12-13H,7-9H2,1-4H3. The molecular formula is C12H22N2O2. The van der Waals surface area contributed by atoms with Crippen molar-refractivity contribution in [2.24, 2.45) is 0 Å². The van der Waals surface area contributed by atoms with Crippen LogP contribution in [-0.4, -0.2) is 45.3 Å². The zero-order valence-electron chi connectivity index (χ0n) is 10.6. The Balaban J connectivity index is 2.54. The fraction of sp³-hybridized carbons (Fsp3) is 0.667. The van der Waals surface area contributed by atoms with Gasteiger partial charge in [0.15, 0.2) is 0 Å². The summed E-state index contributed by atoms with van der Waals surface area (Å²) in [4.78, 5) is 2.28. The third-order valence-electron chi connectivity index (χ3n) is 2.81. The number of methoxy groups -OCH3 is 1. The number of nitrogens with zero attached hydrogens (tertiary/aromatic N) is 1. The molecule has 1 heterocycles. The van der Waals surface area contributed by atoms with E-state index < -0.39 is 0 Å². The molecule has 1 N–H and O–H groups in total. The predicted octanol–water partition coefficient (Wildman–Crippen LogP) is 1.25. The number of nitrogens with one attached hydrogen (secondary N) is 1. The second-order valence-electron chi connectivity index (χ2n) is 4.08. The summed E-state index contributed by atoms with van der Waals surface area (Å²) in [6.45, 7) is 4.53. The Hall–Kier alpha value is -0.840. The van der Waals surface area contributed by atoms with Gasteiger partial charge in [0, 0.05) is 31.8 Å². The van der Waals surface area contributed by atoms with Crippen molar-refractivity contribution in [1.29, 1.82) is 0 Å². The second-order valence-corrected chi connectivity index (χ2v) is 4.08. The van der Waals surface area contributed by atoms with E-state index in [1.807, 2.05) is 20.0 Å². The molecular weight excluding hydrogens is 204 g/mol. The van der Waals surface area contributed by atoms with Gasteiger partial charge in [-0.2, -0.15) is 0 Å². The van der Waals surface area contributed by atoms with E-state index in [4.69, 9.17) is 9.15 Å². The summed E-state index contributed by atoms with van der Waals surface area (Å²) in [7, 11) is 5.80. The predicted molar refractivity (Wildman–Crippen MR) is 64.5 cm³/mol. The number of rotatable bonds is 7. The van der Waals surface area contributed by atoms with Gasteiger partial charge in [0.05, 0.1) is 12.9 Å². The van der Waals surface area contributed by atoms with Crippen LogP contribution in [-0.2, 0) is 11.3 Å². The fourth-order valence-corrected chi connectivity index (χ4v) is 1.74. The Labute approximate surface area is 97.6 Å². The minimum Gasteiger partial charge on any atom is -0.469 e. The Morgan fingerprint density at radius 1 is 1.56 bits per heavy atom. The van der Waals surface area contributed by atoms with Gasteiger partial charge in [0.1, 0.15) is 5.76 Å². The van der Waals surface area contributed by atoms with Crippen molar-refractivity contribution in [1.82, 2.24) is 10.2 Å². The van der Waals surface area contributed by atoms with Gasteiger partial charge in [-0.15, -0.1) is 0 Å². The van der Waals surface area contributed by atoms with Crippen LogP contribution >= 0.6 is 0 Å². The molecule has 0 aliphatic heterocycles. The second kappa shape index (κ2) is 6.68. The van der Waals surface area contributed by atoms with Gasteiger partial charge in [-0.3, -0.25) is 4.90 Å². The molecule has 0 spiro atoms. The van der Waals surface area contributed by atoms with E-state index in [0.717, 1.165) is 25.5 Å². The molecule has 1 atom stereocenters. The lowest BCUT2D eigenvalue weighted by Gasteiger charge is -2.27. The first-order valence-corrected chi connectivity index (χ1v) is 5.55. The van der Waals surface area contributed by atoms with Gasteiger partial charge >= 0.3 is 0 Å². The third-order valence-corrected chi connectivity index (χ3v) is 2.81. The lowest BCUT2D eigenvalue weighted by molar-refractivity contribution is 0.102. The lowest BCUT2D eigenvalue weighted by atomic mass is 10.2. The highest BCUT2D eigenvalue weighted by Crippen LogP contribution is 2.12. The Bertz CT molecular complexity index is 293. The first-order valence-electron chi connectivity index (χ1n) is 5.55. The zero-order chi connectivity index (χ0) is 12.0. The molecule has 1 rings (SSSR count). The average Bonchev–Trinajstić information content (AvgIpc) is 2.64. The van der Waals surface area contributed by atoms with Crippen molar-refractivity contribution >= 4 is 0 Å². The molecule has 1 aromatic heterocycles. The van der Waals surface area contributed by atoms with Crippen molar-refractivity contribution < 1.29 is 9.15 Å². The third kappa shape index (κ3) is 3.63. The summed E-state index contributed by atoms with van der Waals surface area (Å²) in [5, 5.41) is 3.18. The zero-order valence-corrected chi connectivity index (χ0v) is 10.6. The van der Waals surface area contributed by atoms with E-state index in [9.17, 15) is 0 Å². The smallest absolute Gasteiger partial charge is 0.105 e. The summed E-state index contributed by atoms with van der Waals surface area (Å²) in [5.74, 6) is 0.993. The molecule has 4 heteroatoms. The number of hydrogen-bond donors (Lipinski definition) is 1.